The average molecular weight is 679 g/mol. The Balaban J connectivity index is 1.37. The van der Waals surface area contributed by atoms with E-state index in [4.69, 9.17) is 51.2 Å². The lowest BCUT2D eigenvalue weighted by Gasteiger charge is -2.27. The third kappa shape index (κ3) is 6.18. The first-order chi connectivity index (χ1) is 20.0. The van der Waals surface area contributed by atoms with Gasteiger partial charge in [0.15, 0.2) is 29.0 Å². The summed E-state index contributed by atoms with van der Waals surface area (Å²) in [5.41, 5.74) is 1.46. The Kier molecular flexibility index (Phi) is 8.53. The average Bonchev–Trinajstić information content (AvgIpc) is 3.71. The molecular formula is C20H24N8O9P2S3. The fourth-order valence-electron chi connectivity index (χ4n) is 4.55. The number of nitrogens with one attached hydrogen (secondary N) is 1. The molecule has 0 amide bonds. The van der Waals surface area contributed by atoms with E-state index in [9.17, 15) is 14.6 Å². The van der Waals surface area contributed by atoms with Gasteiger partial charge >= 0.3 is 13.4 Å². The van der Waals surface area contributed by atoms with Crippen molar-refractivity contribution in [1.29, 1.82) is 0 Å². The van der Waals surface area contributed by atoms with Crippen molar-refractivity contribution in [3.05, 3.63) is 40.0 Å². The minimum absolute atomic E-state index is 0.0637. The van der Waals surface area contributed by atoms with Gasteiger partial charge in [0.25, 0.3) is 5.56 Å². The van der Waals surface area contributed by atoms with Gasteiger partial charge in [0.05, 0.1) is 36.5 Å². The molecule has 4 aromatic heterocycles. The topological polar surface area (TPSA) is 203 Å². The summed E-state index contributed by atoms with van der Waals surface area (Å²) < 4.78 is 37.7. The van der Waals surface area contributed by atoms with Crippen molar-refractivity contribution in [2.75, 3.05) is 20.3 Å². The van der Waals surface area contributed by atoms with Crippen molar-refractivity contribution in [2.45, 2.75) is 44.6 Å². The molecule has 3 N–H and O–H groups in total. The summed E-state index contributed by atoms with van der Waals surface area (Å²) in [6.07, 6.45) is -0.993. The first kappa shape index (κ1) is 30.1. The number of fused-ring (bicyclic) bond motifs is 4. The zero-order valence-corrected chi connectivity index (χ0v) is 26.1. The quantitative estimate of drug-likeness (QED) is 0.260. The van der Waals surface area contributed by atoms with E-state index in [0.29, 0.717) is 22.4 Å². The lowest BCUT2D eigenvalue weighted by Crippen LogP contribution is -2.37. The van der Waals surface area contributed by atoms with Crippen LogP contribution in [0.1, 0.15) is 17.9 Å². The van der Waals surface area contributed by atoms with E-state index in [2.05, 4.69) is 30.0 Å². The van der Waals surface area contributed by atoms with Crippen molar-refractivity contribution >= 4 is 59.6 Å². The molecule has 0 saturated carbocycles. The molecule has 6 rings (SSSR count). The van der Waals surface area contributed by atoms with Gasteiger partial charge in [0, 0.05) is 13.3 Å². The van der Waals surface area contributed by atoms with Crippen molar-refractivity contribution < 1.29 is 37.4 Å². The van der Waals surface area contributed by atoms with Crippen LogP contribution in [0.5, 0.6) is 0 Å². The second-order valence-electron chi connectivity index (χ2n) is 9.09. The van der Waals surface area contributed by atoms with Crippen molar-refractivity contribution in [3.63, 3.8) is 0 Å². The fraction of sp³-hybridized carbons (Fsp3) is 0.500. The lowest BCUT2D eigenvalue weighted by molar-refractivity contribution is -0.0512. The Morgan fingerprint density at radius 3 is 2.81 bits per heavy atom. The lowest BCUT2D eigenvalue weighted by atomic mass is 10.1. The number of H-pyrrole nitrogens is 1. The van der Waals surface area contributed by atoms with Gasteiger partial charge in [-0.1, -0.05) is 0 Å². The molecule has 0 radical (unpaired) electrons. The summed E-state index contributed by atoms with van der Waals surface area (Å²) in [6.45, 7) is -6.58. The highest BCUT2D eigenvalue weighted by Gasteiger charge is 2.50. The number of hydrogen-bond donors (Lipinski definition) is 3. The number of aromatic nitrogens is 8. The molecule has 0 aromatic carbocycles. The normalized spacial score (nSPS) is 31.0. The van der Waals surface area contributed by atoms with Gasteiger partial charge in [-0.15, -0.1) is 16.4 Å². The summed E-state index contributed by atoms with van der Waals surface area (Å²) in [7, 11) is 1.41. The summed E-state index contributed by atoms with van der Waals surface area (Å²) >= 11 is 11.9. The van der Waals surface area contributed by atoms with Crippen LogP contribution in [-0.2, 0) is 64.3 Å². The van der Waals surface area contributed by atoms with Crippen LogP contribution in [0.3, 0.4) is 0 Å². The monoisotopic (exact) mass is 678 g/mol. The maximum Gasteiger partial charge on any atom is 0.325 e. The molecule has 4 aromatic rings. The zero-order valence-electron chi connectivity index (χ0n) is 21.9. The van der Waals surface area contributed by atoms with Gasteiger partial charge in [-0.25, -0.2) is 19.6 Å². The second kappa shape index (κ2) is 11.9. The van der Waals surface area contributed by atoms with Crippen molar-refractivity contribution in [3.8, 4) is 10.7 Å². The van der Waals surface area contributed by atoms with E-state index in [-0.39, 0.29) is 37.5 Å². The molecular weight excluding hydrogens is 654 g/mol. The molecule has 0 spiro atoms. The van der Waals surface area contributed by atoms with Gasteiger partial charge in [-0.3, -0.25) is 18.9 Å². The SMILES string of the molecule is CO[C@H]1[C@H]2OP(O)(=S)OCc3nc(-c4cncs4)nn3CCOP(O)(=S)OC[C@H]1O[C@H]2n1cnc2c(=O)[nH]c(C)nc21. The molecule has 2 aliphatic heterocycles. The molecule has 6 heterocycles. The van der Waals surface area contributed by atoms with Crippen LogP contribution in [0.25, 0.3) is 21.9 Å². The Hall–Kier alpha value is -1.90. The molecule has 226 valence electrons. The molecule has 17 nitrogen and oxygen atoms in total. The van der Waals surface area contributed by atoms with Gasteiger partial charge < -0.3 is 37.8 Å². The third-order valence-corrected chi connectivity index (χ3v) is 10.3. The summed E-state index contributed by atoms with van der Waals surface area (Å²) in [6, 6.07) is 0. The number of methoxy groups -OCH3 is 1. The Bertz CT molecular complexity index is 1750. The van der Waals surface area contributed by atoms with Crippen LogP contribution in [0.15, 0.2) is 22.8 Å². The van der Waals surface area contributed by atoms with Crippen LogP contribution < -0.4 is 5.56 Å². The Morgan fingerprint density at radius 2 is 2.05 bits per heavy atom. The van der Waals surface area contributed by atoms with E-state index >= 15 is 0 Å². The summed E-state index contributed by atoms with van der Waals surface area (Å²) in [4.78, 5) is 54.8. The van der Waals surface area contributed by atoms with Gasteiger partial charge in [0.1, 0.15) is 30.7 Å². The number of thiazole rings is 1. The zero-order chi connectivity index (χ0) is 29.6. The summed E-state index contributed by atoms with van der Waals surface area (Å²) in [5.74, 6) is 1.02. The van der Waals surface area contributed by atoms with Gasteiger partial charge in [0.2, 0.25) is 0 Å². The van der Waals surface area contributed by atoms with Gasteiger partial charge in [-0.05, 0) is 30.5 Å². The molecule has 2 aliphatic rings. The van der Waals surface area contributed by atoms with E-state index in [0.717, 1.165) is 0 Å². The van der Waals surface area contributed by atoms with Crippen LogP contribution in [-0.4, -0.2) is 87.7 Å². The predicted molar refractivity (Wildman–Crippen MR) is 153 cm³/mol. The fourth-order valence-corrected chi connectivity index (χ4v) is 7.55. The van der Waals surface area contributed by atoms with Gasteiger partial charge in [-0.2, -0.15) is 0 Å². The van der Waals surface area contributed by atoms with Crippen LogP contribution in [0.2, 0.25) is 0 Å². The minimum atomic E-state index is -4.00. The predicted octanol–water partition coefficient (Wildman–Crippen LogP) is 1.14. The molecule has 1 fully saturated rings. The highest BCUT2D eigenvalue weighted by atomic mass is 32.5. The Morgan fingerprint density at radius 1 is 1.21 bits per heavy atom. The number of ether oxygens (including phenoxy) is 2. The molecule has 1 saturated heterocycles. The van der Waals surface area contributed by atoms with E-state index in [1.807, 2.05) is 0 Å². The summed E-state index contributed by atoms with van der Waals surface area (Å²) in [5, 5.41) is 4.47. The smallest absolute Gasteiger partial charge is 0.325 e. The van der Waals surface area contributed by atoms with E-state index < -0.39 is 43.5 Å². The molecule has 6 atom stereocenters. The number of hydrogen-bond acceptors (Lipinski definition) is 15. The third-order valence-electron chi connectivity index (χ3n) is 6.35. The molecule has 2 bridgehead atoms. The van der Waals surface area contributed by atoms with Crippen LogP contribution in [0.4, 0.5) is 0 Å². The minimum Gasteiger partial charge on any atom is -0.376 e. The second-order valence-corrected chi connectivity index (χ2v) is 15.6. The van der Waals surface area contributed by atoms with E-state index in [1.165, 1.54) is 34.0 Å². The van der Waals surface area contributed by atoms with Crippen LogP contribution >= 0.6 is 24.8 Å². The first-order valence-corrected chi connectivity index (χ1v) is 18.3. The van der Waals surface area contributed by atoms with E-state index in [1.54, 1.807) is 18.6 Å². The Labute approximate surface area is 251 Å². The maximum atomic E-state index is 12.5. The van der Waals surface area contributed by atoms with Crippen molar-refractivity contribution in [1.82, 2.24) is 39.3 Å². The standard InChI is InChI=1S/C20H24N8O9P2S3/c1-10-23-18-14(19(29)24-10)22-8-27(18)20-16-15(32-2)11(36-20)6-34-38(30,40)33-4-3-28-13(7-35-39(31,41)37-16)25-17(26-28)12-5-21-9-42-12/h5,8-9,11,15-16,20H,3-4,6-7H2,1-2H3,(H,30,40)(H,31,41)(H,23,24,29)/t11-,15-,16-,20-,38?,39?/m1/s1. The molecule has 22 heteroatoms. The number of nitrogens with zero attached hydrogens (tertiary/aromatic N) is 7. The number of aromatic amines is 1. The molecule has 0 aliphatic carbocycles. The first-order valence-electron chi connectivity index (χ1n) is 12.3. The highest BCUT2D eigenvalue weighted by molar-refractivity contribution is 8.07. The molecule has 2 unspecified atom stereocenters. The number of aryl methyl sites for hydroxylation is 1. The maximum absolute atomic E-state index is 12.5. The largest absolute Gasteiger partial charge is 0.376 e. The number of imidazole rings is 1. The van der Waals surface area contributed by atoms with Crippen LogP contribution in [0, 0.1) is 6.92 Å². The number of rotatable bonds is 3. The molecule has 42 heavy (non-hydrogen) atoms. The highest BCUT2D eigenvalue weighted by Crippen LogP contribution is 2.51. The van der Waals surface area contributed by atoms with Crippen molar-refractivity contribution in [2.24, 2.45) is 0 Å².